The molecule has 1 radical (unpaired) electrons. The molecule has 0 aliphatic heterocycles. The fourth-order valence-corrected chi connectivity index (χ4v) is 0.878. The molecule has 0 atom stereocenters. The summed E-state index contributed by atoms with van der Waals surface area (Å²) in [6.07, 6.45) is 0.0518. The summed E-state index contributed by atoms with van der Waals surface area (Å²) in [5.74, 6) is -0.513. The fourth-order valence-electron chi connectivity index (χ4n) is 0.878. The molecule has 0 aromatic heterocycles. The number of methoxy groups -OCH3 is 1. The largest absolute Gasteiger partial charge is 0.469 e. The van der Waals surface area contributed by atoms with Gasteiger partial charge in [-0.15, -0.1) is 0 Å². The minimum atomic E-state index is -0.390. The van der Waals surface area contributed by atoms with E-state index in [1.165, 1.54) is 13.2 Å². The predicted molar refractivity (Wildman–Crippen MR) is 42.3 cm³/mol. The molecule has 1 aromatic rings. The molecule has 0 aliphatic carbocycles. The average molecular weight is 165 g/mol. The van der Waals surface area contributed by atoms with Gasteiger partial charge in [0.25, 0.3) is 0 Å². The van der Waals surface area contributed by atoms with Crippen molar-refractivity contribution < 1.29 is 14.6 Å². The second kappa shape index (κ2) is 3.76. The lowest BCUT2D eigenvalue weighted by Crippen LogP contribution is -2.04. The van der Waals surface area contributed by atoms with Crippen molar-refractivity contribution in [3.8, 4) is 5.75 Å². The van der Waals surface area contributed by atoms with Gasteiger partial charge in [0.15, 0.2) is 5.75 Å². The van der Waals surface area contributed by atoms with Crippen molar-refractivity contribution in [3.05, 3.63) is 29.8 Å². The molecule has 0 bridgehead atoms. The minimum absolute atomic E-state index is 0.0518. The van der Waals surface area contributed by atoms with E-state index >= 15 is 0 Å². The van der Waals surface area contributed by atoms with Gasteiger partial charge in [0, 0.05) is 5.56 Å². The number of carbonyl (C=O) groups is 1. The van der Waals surface area contributed by atoms with Crippen molar-refractivity contribution in [3.63, 3.8) is 0 Å². The summed E-state index contributed by atoms with van der Waals surface area (Å²) >= 11 is 0. The summed E-state index contributed by atoms with van der Waals surface area (Å²) in [6, 6.07) is 6.42. The molecule has 0 fully saturated rings. The second-order valence-corrected chi connectivity index (χ2v) is 2.36. The molecule has 0 N–H and O–H groups in total. The summed E-state index contributed by atoms with van der Waals surface area (Å²) in [7, 11) is 1.30. The lowest BCUT2D eigenvalue weighted by molar-refractivity contribution is -0.139. The monoisotopic (exact) mass is 165 g/mol. The van der Waals surface area contributed by atoms with E-state index in [9.17, 15) is 9.90 Å². The van der Waals surface area contributed by atoms with E-state index in [2.05, 4.69) is 4.74 Å². The molecule has 0 spiro atoms. The Kier molecular flexibility index (Phi) is 2.69. The normalized spacial score (nSPS) is 9.42. The number of carbonyl (C=O) groups excluding carboxylic acids is 1. The lowest BCUT2D eigenvalue weighted by Gasteiger charge is -1.99. The number of esters is 1. The fraction of sp³-hybridized carbons (Fsp3) is 0.222. The van der Waals surface area contributed by atoms with Gasteiger partial charge in [-0.3, -0.25) is 9.90 Å². The zero-order valence-electron chi connectivity index (χ0n) is 6.74. The highest BCUT2D eigenvalue weighted by atomic mass is 16.5. The second-order valence-electron chi connectivity index (χ2n) is 2.36. The van der Waals surface area contributed by atoms with Gasteiger partial charge in [-0.05, 0) is 6.07 Å². The predicted octanol–water partition coefficient (Wildman–Crippen LogP) is 1.55. The van der Waals surface area contributed by atoms with Crippen LogP contribution in [0.25, 0.3) is 0 Å². The first-order chi connectivity index (χ1) is 5.74. The molecular formula is C9H9O3. The van der Waals surface area contributed by atoms with Crippen molar-refractivity contribution >= 4 is 5.97 Å². The first-order valence-corrected chi connectivity index (χ1v) is 3.56. The minimum Gasteiger partial charge on any atom is -0.469 e. The topological polar surface area (TPSA) is 46.2 Å². The van der Waals surface area contributed by atoms with Crippen molar-refractivity contribution in [2.45, 2.75) is 6.42 Å². The molecule has 0 heterocycles. The van der Waals surface area contributed by atoms with Crippen molar-refractivity contribution in [1.82, 2.24) is 0 Å². The number of rotatable bonds is 2. The molecule has 0 aliphatic rings. The third-order valence-electron chi connectivity index (χ3n) is 1.54. The van der Waals surface area contributed by atoms with E-state index in [0.29, 0.717) is 5.56 Å². The maximum absolute atomic E-state index is 11.1. The molecule has 1 aromatic carbocycles. The zero-order valence-corrected chi connectivity index (χ0v) is 6.74. The van der Waals surface area contributed by atoms with Crippen LogP contribution < -0.4 is 0 Å². The van der Waals surface area contributed by atoms with Crippen molar-refractivity contribution in [2.75, 3.05) is 7.11 Å². The van der Waals surface area contributed by atoms with E-state index in [4.69, 9.17) is 0 Å². The van der Waals surface area contributed by atoms with Crippen LogP contribution in [0.2, 0.25) is 0 Å². The van der Waals surface area contributed by atoms with Gasteiger partial charge in [-0.2, -0.15) is 0 Å². The van der Waals surface area contributed by atoms with Gasteiger partial charge in [-0.25, -0.2) is 0 Å². The third-order valence-corrected chi connectivity index (χ3v) is 1.54. The van der Waals surface area contributed by atoms with Crippen molar-refractivity contribution in [1.29, 1.82) is 0 Å². The van der Waals surface area contributed by atoms with Crippen LogP contribution in [0.5, 0.6) is 5.75 Å². The summed E-state index contributed by atoms with van der Waals surface area (Å²) < 4.78 is 4.43. The standard InChI is InChI=1S/C9H9O3/c1-12-9(11)6-7-4-2-3-5-8(7)10/h2-5H,6H2,1H3. The van der Waals surface area contributed by atoms with E-state index < -0.39 is 5.97 Å². The van der Waals surface area contributed by atoms with Gasteiger partial charge in [0.05, 0.1) is 13.5 Å². The highest BCUT2D eigenvalue weighted by Gasteiger charge is 2.06. The Bertz CT molecular complexity index is 281. The number of hydrogen-bond acceptors (Lipinski definition) is 2. The van der Waals surface area contributed by atoms with Crippen molar-refractivity contribution in [2.24, 2.45) is 0 Å². The molecule has 3 heteroatoms. The van der Waals surface area contributed by atoms with Gasteiger partial charge < -0.3 is 4.74 Å². The number of ether oxygens (including phenoxy) is 1. The van der Waals surface area contributed by atoms with Crippen LogP contribution in [0, 0.1) is 0 Å². The maximum Gasteiger partial charge on any atom is 0.310 e. The Morgan fingerprint density at radius 2 is 2.08 bits per heavy atom. The molecular weight excluding hydrogens is 156 g/mol. The van der Waals surface area contributed by atoms with E-state index in [1.54, 1.807) is 18.2 Å². The number of benzene rings is 1. The molecule has 0 saturated carbocycles. The Balaban J connectivity index is 2.75. The van der Waals surface area contributed by atoms with Crippen LogP contribution in [-0.2, 0) is 21.1 Å². The summed E-state index contributed by atoms with van der Waals surface area (Å²) in [5.41, 5.74) is 0.476. The van der Waals surface area contributed by atoms with Crippen LogP contribution in [0.15, 0.2) is 24.3 Å². The van der Waals surface area contributed by atoms with Gasteiger partial charge >= 0.3 is 5.97 Å². The Morgan fingerprint density at radius 1 is 1.42 bits per heavy atom. The smallest absolute Gasteiger partial charge is 0.310 e. The molecule has 0 saturated heterocycles. The maximum atomic E-state index is 11.1. The SMILES string of the molecule is COC(=O)Cc1ccccc1[O]. The Labute approximate surface area is 70.6 Å². The van der Waals surface area contributed by atoms with Crippen LogP contribution >= 0.6 is 0 Å². The third kappa shape index (κ3) is 1.99. The lowest BCUT2D eigenvalue weighted by atomic mass is 10.1. The van der Waals surface area contributed by atoms with E-state index in [0.717, 1.165) is 0 Å². The summed E-state index contributed by atoms with van der Waals surface area (Å²) in [4.78, 5) is 10.8. The first kappa shape index (κ1) is 8.59. The molecule has 0 amide bonds. The van der Waals surface area contributed by atoms with Crippen LogP contribution in [0.3, 0.4) is 0 Å². The average Bonchev–Trinajstić information content (AvgIpc) is 2.09. The Morgan fingerprint density at radius 3 is 2.67 bits per heavy atom. The zero-order chi connectivity index (χ0) is 8.97. The van der Waals surface area contributed by atoms with Crippen LogP contribution in [0.4, 0.5) is 0 Å². The molecule has 12 heavy (non-hydrogen) atoms. The molecule has 1 rings (SSSR count). The first-order valence-electron chi connectivity index (χ1n) is 3.56. The van der Waals surface area contributed by atoms with E-state index in [1.807, 2.05) is 0 Å². The van der Waals surface area contributed by atoms with Gasteiger partial charge in [-0.1, -0.05) is 18.2 Å². The van der Waals surface area contributed by atoms with Crippen LogP contribution in [-0.4, -0.2) is 13.1 Å². The van der Waals surface area contributed by atoms with Gasteiger partial charge in [0.1, 0.15) is 0 Å². The number of hydrogen-bond donors (Lipinski definition) is 0. The highest BCUT2D eigenvalue weighted by Crippen LogP contribution is 2.16. The molecule has 63 valence electrons. The Hall–Kier alpha value is -1.51. The summed E-state index contributed by atoms with van der Waals surface area (Å²) in [6.45, 7) is 0. The summed E-state index contributed by atoms with van der Waals surface area (Å²) in [5, 5.41) is 11.1. The molecule has 3 nitrogen and oxygen atoms in total. The van der Waals surface area contributed by atoms with Gasteiger partial charge in [0.2, 0.25) is 0 Å². The highest BCUT2D eigenvalue weighted by molar-refractivity contribution is 5.73. The van der Waals surface area contributed by atoms with Crippen LogP contribution in [0.1, 0.15) is 5.56 Å². The molecule has 0 unspecified atom stereocenters. The quantitative estimate of drug-likeness (QED) is 0.624. The number of para-hydroxylation sites is 1. The van der Waals surface area contributed by atoms with E-state index in [-0.39, 0.29) is 12.2 Å².